The molecule has 0 saturated carbocycles. The number of hydrogen-bond acceptors (Lipinski definition) is 4. The second kappa shape index (κ2) is 8.21. The number of alkyl halides is 2. The maximum Gasteiger partial charge on any atom is 0.305 e. The molecule has 0 bridgehead atoms. The van der Waals surface area contributed by atoms with Gasteiger partial charge >= 0.3 is 5.97 Å². The van der Waals surface area contributed by atoms with Crippen molar-refractivity contribution in [3.8, 4) is 0 Å². The summed E-state index contributed by atoms with van der Waals surface area (Å²) in [5, 5.41) is 5.10. The Hall–Kier alpha value is -1.73. The number of benzene rings is 1. The molecular weight excluding hydrogens is 330 g/mol. The lowest BCUT2D eigenvalue weighted by atomic mass is 10.1. The van der Waals surface area contributed by atoms with Crippen LogP contribution in [0.2, 0.25) is 0 Å². The number of methoxy groups -OCH3 is 1. The molecule has 1 fully saturated rings. The lowest BCUT2D eigenvalue weighted by Gasteiger charge is -2.11. The van der Waals surface area contributed by atoms with Crippen molar-refractivity contribution in [2.75, 3.05) is 19.0 Å². The smallest absolute Gasteiger partial charge is 0.305 e. The summed E-state index contributed by atoms with van der Waals surface area (Å²) < 4.78 is 30.6. The van der Waals surface area contributed by atoms with E-state index in [1.165, 1.54) is 7.11 Å². The Morgan fingerprint density at radius 1 is 1.35 bits per heavy atom. The summed E-state index contributed by atoms with van der Waals surface area (Å²) in [4.78, 5) is 22.9. The van der Waals surface area contributed by atoms with Crippen LogP contribution < -0.4 is 10.6 Å². The van der Waals surface area contributed by atoms with E-state index in [0.717, 1.165) is 5.56 Å². The highest BCUT2D eigenvalue weighted by molar-refractivity contribution is 5.95. The number of halogens is 3. The molecule has 1 aromatic carbocycles. The topological polar surface area (TPSA) is 67.4 Å². The standard InChI is InChI=1S/C15H18F2N2O3.ClH/c1-22-13(20)7-4-10-2-5-11(6-3-10)19-14(21)12-8-15(16,17)9-18-12;/h2-3,5-6,12,18H,4,7-9H2,1H3,(H,19,21);1H. The van der Waals surface area contributed by atoms with E-state index in [2.05, 4.69) is 15.4 Å². The average Bonchev–Trinajstić information content (AvgIpc) is 2.86. The number of amides is 1. The molecule has 1 atom stereocenters. The first-order valence-electron chi connectivity index (χ1n) is 6.97. The number of carbonyl (C=O) groups excluding carboxylic acids is 2. The molecule has 1 saturated heterocycles. The van der Waals surface area contributed by atoms with E-state index in [-0.39, 0.29) is 24.8 Å². The maximum absolute atomic E-state index is 13.0. The summed E-state index contributed by atoms with van der Waals surface area (Å²) in [6, 6.07) is 6.02. The van der Waals surface area contributed by atoms with Crippen molar-refractivity contribution in [3.63, 3.8) is 0 Å². The molecule has 1 aromatic rings. The molecule has 128 valence electrons. The number of anilines is 1. The first-order chi connectivity index (χ1) is 10.4. The zero-order chi connectivity index (χ0) is 16.2. The first-order valence-corrected chi connectivity index (χ1v) is 6.97. The van der Waals surface area contributed by atoms with E-state index in [4.69, 9.17) is 0 Å². The molecule has 1 aliphatic rings. The van der Waals surface area contributed by atoms with Crippen LogP contribution in [0.25, 0.3) is 0 Å². The number of rotatable bonds is 5. The van der Waals surface area contributed by atoms with Crippen LogP contribution >= 0.6 is 12.4 Å². The molecule has 1 aliphatic heterocycles. The van der Waals surface area contributed by atoms with Gasteiger partial charge < -0.3 is 10.1 Å². The maximum atomic E-state index is 13.0. The van der Waals surface area contributed by atoms with Gasteiger partial charge in [0, 0.05) is 18.5 Å². The molecule has 0 radical (unpaired) electrons. The van der Waals surface area contributed by atoms with E-state index >= 15 is 0 Å². The first kappa shape index (κ1) is 19.3. The monoisotopic (exact) mass is 348 g/mol. The van der Waals surface area contributed by atoms with Gasteiger partial charge in [0.05, 0.1) is 19.7 Å². The highest BCUT2D eigenvalue weighted by Crippen LogP contribution is 2.25. The molecule has 1 amide bonds. The van der Waals surface area contributed by atoms with Crippen molar-refractivity contribution in [3.05, 3.63) is 29.8 Å². The van der Waals surface area contributed by atoms with Gasteiger partial charge in [-0.2, -0.15) is 0 Å². The second-order valence-corrected chi connectivity index (χ2v) is 5.26. The molecule has 2 N–H and O–H groups in total. The largest absolute Gasteiger partial charge is 0.469 e. The third-order valence-corrected chi connectivity index (χ3v) is 3.49. The minimum Gasteiger partial charge on any atom is -0.469 e. The van der Waals surface area contributed by atoms with Crippen molar-refractivity contribution in [2.45, 2.75) is 31.2 Å². The number of ether oxygens (including phenoxy) is 1. The number of aryl methyl sites for hydroxylation is 1. The van der Waals surface area contributed by atoms with Gasteiger partial charge in [-0.05, 0) is 24.1 Å². The molecular formula is C15H19ClF2N2O3. The van der Waals surface area contributed by atoms with Gasteiger partial charge in [0.2, 0.25) is 5.91 Å². The van der Waals surface area contributed by atoms with Crippen LogP contribution in [-0.2, 0) is 20.7 Å². The summed E-state index contributed by atoms with van der Waals surface area (Å²) >= 11 is 0. The lowest BCUT2D eigenvalue weighted by molar-refractivity contribution is -0.140. The molecule has 5 nitrogen and oxygen atoms in total. The van der Waals surface area contributed by atoms with E-state index < -0.39 is 30.8 Å². The molecule has 0 aliphatic carbocycles. The van der Waals surface area contributed by atoms with Gasteiger partial charge in [-0.15, -0.1) is 12.4 Å². The second-order valence-electron chi connectivity index (χ2n) is 5.26. The van der Waals surface area contributed by atoms with Crippen LogP contribution in [0.5, 0.6) is 0 Å². The fourth-order valence-electron chi connectivity index (χ4n) is 2.23. The SMILES string of the molecule is COC(=O)CCc1ccc(NC(=O)C2CC(F)(F)CN2)cc1.Cl. The van der Waals surface area contributed by atoms with Gasteiger partial charge in [-0.1, -0.05) is 12.1 Å². The predicted molar refractivity (Wildman–Crippen MR) is 84.0 cm³/mol. The third-order valence-electron chi connectivity index (χ3n) is 3.49. The van der Waals surface area contributed by atoms with Crippen LogP contribution in [-0.4, -0.2) is 37.5 Å². The molecule has 2 rings (SSSR count). The van der Waals surface area contributed by atoms with E-state index in [0.29, 0.717) is 12.1 Å². The molecule has 0 spiro atoms. The van der Waals surface area contributed by atoms with Gasteiger partial charge in [0.15, 0.2) is 0 Å². The summed E-state index contributed by atoms with van der Waals surface area (Å²) in [6.45, 7) is -0.475. The number of carbonyl (C=O) groups is 2. The van der Waals surface area contributed by atoms with Crippen LogP contribution in [0.3, 0.4) is 0 Å². The Bertz CT molecular complexity index is 552. The van der Waals surface area contributed by atoms with Crippen LogP contribution in [0.15, 0.2) is 24.3 Å². The van der Waals surface area contributed by atoms with Gasteiger partial charge in [-0.3, -0.25) is 14.9 Å². The Morgan fingerprint density at radius 3 is 2.52 bits per heavy atom. The zero-order valence-corrected chi connectivity index (χ0v) is 13.4. The van der Waals surface area contributed by atoms with E-state index in [1.54, 1.807) is 24.3 Å². The van der Waals surface area contributed by atoms with Crippen molar-refractivity contribution in [1.82, 2.24) is 5.32 Å². The fraction of sp³-hybridized carbons (Fsp3) is 0.467. The van der Waals surface area contributed by atoms with E-state index in [1.807, 2.05) is 0 Å². The number of hydrogen-bond donors (Lipinski definition) is 2. The Balaban J connectivity index is 0.00000264. The summed E-state index contributed by atoms with van der Waals surface area (Å²) in [5.41, 5.74) is 1.46. The lowest BCUT2D eigenvalue weighted by Crippen LogP contribution is -2.35. The van der Waals surface area contributed by atoms with Gasteiger partial charge in [-0.25, -0.2) is 8.78 Å². The van der Waals surface area contributed by atoms with Gasteiger partial charge in [0.25, 0.3) is 5.92 Å². The zero-order valence-electron chi connectivity index (χ0n) is 12.6. The molecule has 1 unspecified atom stereocenters. The molecule has 0 aromatic heterocycles. The Kier molecular flexibility index (Phi) is 6.90. The third kappa shape index (κ3) is 5.76. The van der Waals surface area contributed by atoms with E-state index in [9.17, 15) is 18.4 Å². The summed E-state index contributed by atoms with van der Waals surface area (Å²) in [6.07, 6.45) is 0.330. The summed E-state index contributed by atoms with van der Waals surface area (Å²) in [7, 11) is 1.33. The van der Waals surface area contributed by atoms with Crippen LogP contribution in [0.1, 0.15) is 18.4 Å². The minimum atomic E-state index is -2.83. The van der Waals surface area contributed by atoms with Gasteiger partial charge in [0.1, 0.15) is 0 Å². The molecule has 8 heteroatoms. The highest BCUT2D eigenvalue weighted by Gasteiger charge is 2.42. The quantitative estimate of drug-likeness (QED) is 0.800. The molecule has 23 heavy (non-hydrogen) atoms. The predicted octanol–water partition coefficient (Wildman–Crippen LogP) is 2.15. The summed E-state index contributed by atoms with van der Waals surface area (Å²) in [5.74, 6) is -3.59. The molecule has 1 heterocycles. The average molecular weight is 349 g/mol. The number of esters is 1. The van der Waals surface area contributed by atoms with Crippen molar-refractivity contribution in [1.29, 1.82) is 0 Å². The van der Waals surface area contributed by atoms with Crippen molar-refractivity contribution < 1.29 is 23.1 Å². The normalized spacial score (nSPS) is 18.8. The Labute approximate surface area is 139 Å². The fourth-order valence-corrected chi connectivity index (χ4v) is 2.23. The van der Waals surface area contributed by atoms with Crippen molar-refractivity contribution >= 4 is 30.0 Å². The van der Waals surface area contributed by atoms with Crippen molar-refractivity contribution in [2.24, 2.45) is 0 Å². The van der Waals surface area contributed by atoms with Crippen LogP contribution in [0.4, 0.5) is 14.5 Å². The van der Waals surface area contributed by atoms with Crippen LogP contribution in [0, 0.1) is 0 Å². The highest BCUT2D eigenvalue weighted by atomic mass is 35.5. The minimum absolute atomic E-state index is 0. The Morgan fingerprint density at radius 2 is 2.00 bits per heavy atom. The number of nitrogens with one attached hydrogen (secondary N) is 2.